The summed E-state index contributed by atoms with van der Waals surface area (Å²) in [5, 5.41) is 11.4. The SMILES string of the molecule is CC1=C(C(=O)Nc2ccccc2)[C@@H](c2ccccc2F)n2nc(SCc3ccc(C)cc3C)nc2N1. The van der Waals surface area contributed by atoms with Gasteiger partial charge in [-0.1, -0.05) is 71.9 Å². The fourth-order valence-electron chi connectivity index (χ4n) is 4.34. The van der Waals surface area contributed by atoms with E-state index in [1.165, 1.54) is 34.5 Å². The van der Waals surface area contributed by atoms with Crippen LogP contribution in [0.1, 0.15) is 35.2 Å². The lowest BCUT2D eigenvalue weighted by Crippen LogP contribution is -2.32. The van der Waals surface area contributed by atoms with Crippen molar-refractivity contribution >= 4 is 29.3 Å². The number of hydrogen-bond donors (Lipinski definition) is 2. The molecule has 2 N–H and O–H groups in total. The molecule has 0 saturated carbocycles. The van der Waals surface area contributed by atoms with E-state index in [2.05, 4.69) is 47.7 Å². The highest BCUT2D eigenvalue weighted by Crippen LogP contribution is 2.38. The summed E-state index contributed by atoms with van der Waals surface area (Å²) in [6, 6.07) is 21.3. The molecule has 0 fully saturated rings. The number of anilines is 2. The normalized spacial score (nSPS) is 14.8. The van der Waals surface area contributed by atoms with E-state index in [9.17, 15) is 4.79 Å². The van der Waals surface area contributed by atoms with Gasteiger partial charge in [0, 0.05) is 22.7 Å². The molecular weight excluding hydrogens is 473 g/mol. The number of para-hydroxylation sites is 1. The van der Waals surface area contributed by atoms with Crippen LogP contribution >= 0.6 is 11.8 Å². The number of aromatic nitrogens is 3. The molecule has 3 aromatic carbocycles. The lowest BCUT2D eigenvalue weighted by molar-refractivity contribution is -0.113. The van der Waals surface area contributed by atoms with Gasteiger partial charge in [-0.25, -0.2) is 9.07 Å². The van der Waals surface area contributed by atoms with Gasteiger partial charge in [0.25, 0.3) is 5.91 Å². The fourth-order valence-corrected chi connectivity index (χ4v) is 5.25. The predicted octanol–water partition coefficient (Wildman–Crippen LogP) is 6.25. The van der Waals surface area contributed by atoms with E-state index in [0.717, 1.165) is 0 Å². The van der Waals surface area contributed by atoms with Gasteiger partial charge in [-0.05, 0) is 50.1 Å². The molecule has 1 aliphatic heterocycles. The summed E-state index contributed by atoms with van der Waals surface area (Å²) < 4.78 is 16.7. The molecule has 0 bridgehead atoms. The van der Waals surface area contributed by atoms with Gasteiger partial charge in [-0.15, -0.1) is 5.10 Å². The molecule has 0 spiro atoms. The maximum Gasteiger partial charge on any atom is 0.255 e. The minimum atomic E-state index is -0.769. The number of carbonyl (C=O) groups is 1. The number of hydrogen-bond acceptors (Lipinski definition) is 5. The Kier molecular flexibility index (Phi) is 6.61. The van der Waals surface area contributed by atoms with Crippen molar-refractivity contribution in [3.8, 4) is 0 Å². The van der Waals surface area contributed by atoms with E-state index in [0.29, 0.717) is 39.4 Å². The van der Waals surface area contributed by atoms with Crippen molar-refractivity contribution in [2.24, 2.45) is 0 Å². The zero-order valence-corrected chi connectivity index (χ0v) is 21.1. The Morgan fingerprint density at radius 2 is 1.81 bits per heavy atom. The van der Waals surface area contributed by atoms with E-state index in [1.807, 2.05) is 30.3 Å². The molecule has 0 saturated heterocycles. The third-order valence-electron chi connectivity index (χ3n) is 6.16. The number of halogens is 1. The predicted molar refractivity (Wildman–Crippen MR) is 141 cm³/mol. The second-order valence-electron chi connectivity index (χ2n) is 8.79. The van der Waals surface area contributed by atoms with Crippen LogP contribution in [0.2, 0.25) is 0 Å². The van der Waals surface area contributed by atoms with Crippen molar-refractivity contribution in [2.45, 2.75) is 37.7 Å². The van der Waals surface area contributed by atoms with E-state index >= 15 is 4.39 Å². The highest BCUT2D eigenvalue weighted by molar-refractivity contribution is 7.98. The third-order valence-corrected chi connectivity index (χ3v) is 7.05. The van der Waals surface area contributed by atoms with Crippen LogP contribution in [-0.2, 0) is 10.5 Å². The Morgan fingerprint density at radius 3 is 2.56 bits per heavy atom. The zero-order chi connectivity index (χ0) is 25.2. The van der Waals surface area contributed by atoms with Gasteiger partial charge in [0.05, 0.1) is 5.57 Å². The summed E-state index contributed by atoms with van der Waals surface area (Å²) in [4.78, 5) is 18.1. The summed E-state index contributed by atoms with van der Waals surface area (Å²) >= 11 is 1.51. The molecule has 182 valence electrons. The zero-order valence-electron chi connectivity index (χ0n) is 20.2. The molecular formula is C28H26FN5OS. The fraction of sp³-hybridized carbons (Fsp3) is 0.179. The molecule has 36 heavy (non-hydrogen) atoms. The van der Waals surface area contributed by atoms with Gasteiger partial charge in [-0.2, -0.15) is 4.98 Å². The average Bonchev–Trinajstić information content (AvgIpc) is 3.26. The van der Waals surface area contributed by atoms with Crippen molar-refractivity contribution in [1.29, 1.82) is 0 Å². The van der Waals surface area contributed by atoms with Crippen LogP contribution in [0.4, 0.5) is 16.0 Å². The van der Waals surface area contributed by atoms with Crippen LogP contribution in [-0.4, -0.2) is 20.7 Å². The standard InChI is InChI=1S/C28H26FN5OS/c1-17-13-14-20(18(2)15-17)16-36-28-32-27-30-19(3)24(26(35)31-21-9-5-4-6-10-21)25(34(27)33-28)22-11-7-8-12-23(22)29/h4-15,25H,16H2,1-3H3,(H,31,35)(H,30,32,33)/t25-/m1/s1. The van der Waals surface area contributed by atoms with E-state index in [1.54, 1.807) is 29.8 Å². The average molecular weight is 500 g/mol. The van der Waals surface area contributed by atoms with Crippen LogP contribution in [0.25, 0.3) is 0 Å². The topological polar surface area (TPSA) is 71.8 Å². The summed E-state index contributed by atoms with van der Waals surface area (Å²) in [5.41, 5.74) is 5.63. The molecule has 0 radical (unpaired) electrons. The smallest absolute Gasteiger partial charge is 0.255 e. The van der Waals surface area contributed by atoms with Crippen molar-refractivity contribution in [3.05, 3.63) is 112 Å². The van der Waals surface area contributed by atoms with Crippen LogP contribution in [0.15, 0.2) is 89.2 Å². The lowest BCUT2D eigenvalue weighted by atomic mass is 9.94. The second-order valence-corrected chi connectivity index (χ2v) is 9.73. The Bertz CT molecular complexity index is 1460. The molecule has 5 rings (SSSR count). The van der Waals surface area contributed by atoms with Crippen LogP contribution in [0, 0.1) is 19.7 Å². The van der Waals surface area contributed by atoms with Gasteiger partial charge in [0.15, 0.2) is 0 Å². The molecule has 1 aromatic heterocycles. The number of carbonyl (C=O) groups excluding carboxylic acids is 1. The maximum absolute atomic E-state index is 15.1. The quantitative estimate of drug-likeness (QED) is 0.307. The molecule has 1 aliphatic rings. The molecule has 0 unspecified atom stereocenters. The maximum atomic E-state index is 15.1. The number of nitrogens with zero attached hydrogens (tertiary/aromatic N) is 3. The van der Waals surface area contributed by atoms with E-state index < -0.39 is 11.9 Å². The molecule has 4 aromatic rings. The number of benzene rings is 3. The molecule has 1 amide bonds. The molecule has 0 aliphatic carbocycles. The van der Waals surface area contributed by atoms with Crippen molar-refractivity contribution in [3.63, 3.8) is 0 Å². The number of rotatable bonds is 6. The minimum Gasteiger partial charge on any atom is -0.328 e. The van der Waals surface area contributed by atoms with Gasteiger partial charge in [0.1, 0.15) is 11.9 Å². The first kappa shape index (κ1) is 23.8. The Balaban J connectivity index is 1.50. The van der Waals surface area contributed by atoms with Gasteiger partial charge >= 0.3 is 0 Å². The van der Waals surface area contributed by atoms with Crippen LogP contribution in [0.3, 0.4) is 0 Å². The van der Waals surface area contributed by atoms with Crippen molar-refractivity contribution in [2.75, 3.05) is 10.6 Å². The van der Waals surface area contributed by atoms with Crippen molar-refractivity contribution in [1.82, 2.24) is 14.8 Å². The third kappa shape index (κ3) is 4.77. The first-order chi connectivity index (χ1) is 17.4. The lowest BCUT2D eigenvalue weighted by Gasteiger charge is -2.28. The number of thioether (sulfide) groups is 1. The first-order valence-corrected chi connectivity index (χ1v) is 12.6. The van der Waals surface area contributed by atoms with Gasteiger partial charge in [-0.3, -0.25) is 4.79 Å². The Morgan fingerprint density at radius 1 is 1.06 bits per heavy atom. The van der Waals surface area contributed by atoms with Crippen LogP contribution < -0.4 is 10.6 Å². The van der Waals surface area contributed by atoms with Gasteiger partial charge < -0.3 is 10.6 Å². The summed E-state index contributed by atoms with van der Waals surface area (Å²) in [6.45, 7) is 5.97. The number of allylic oxidation sites excluding steroid dienone is 1. The second kappa shape index (κ2) is 9.99. The molecule has 8 heteroatoms. The van der Waals surface area contributed by atoms with E-state index in [-0.39, 0.29) is 5.91 Å². The number of amides is 1. The highest BCUT2D eigenvalue weighted by Gasteiger charge is 2.35. The van der Waals surface area contributed by atoms with Gasteiger partial charge in [0.2, 0.25) is 11.1 Å². The summed E-state index contributed by atoms with van der Waals surface area (Å²) in [5.74, 6) is 0.437. The minimum absolute atomic E-state index is 0.329. The first-order valence-electron chi connectivity index (χ1n) is 11.6. The summed E-state index contributed by atoms with van der Waals surface area (Å²) in [6.07, 6.45) is 0. The number of aryl methyl sites for hydroxylation is 2. The Labute approximate surface area is 213 Å². The molecule has 2 heterocycles. The molecule has 6 nitrogen and oxygen atoms in total. The highest BCUT2D eigenvalue weighted by atomic mass is 32.2. The summed E-state index contributed by atoms with van der Waals surface area (Å²) in [7, 11) is 0. The Hall–Kier alpha value is -3.91. The van der Waals surface area contributed by atoms with E-state index in [4.69, 9.17) is 5.10 Å². The number of fused-ring (bicyclic) bond motifs is 1. The monoisotopic (exact) mass is 499 g/mol. The van der Waals surface area contributed by atoms with Crippen molar-refractivity contribution < 1.29 is 9.18 Å². The number of nitrogens with one attached hydrogen (secondary N) is 2. The van der Waals surface area contributed by atoms with Crippen LogP contribution in [0.5, 0.6) is 0 Å². The largest absolute Gasteiger partial charge is 0.328 e. The molecule has 1 atom stereocenters.